The number of nitrogens with two attached hydrogens (primary N) is 1. The van der Waals surface area contributed by atoms with E-state index in [1.165, 1.54) is 0 Å². The fraction of sp³-hybridized carbons (Fsp3) is 0.385. The molecule has 1 aromatic carbocycles. The van der Waals surface area contributed by atoms with E-state index < -0.39 is 0 Å². The van der Waals surface area contributed by atoms with Gasteiger partial charge in [-0.25, -0.2) is 4.79 Å². The van der Waals surface area contributed by atoms with Crippen LogP contribution in [0.2, 0.25) is 5.02 Å². The van der Waals surface area contributed by atoms with Gasteiger partial charge in [0.2, 0.25) is 5.91 Å². The first-order valence-corrected chi connectivity index (χ1v) is 6.45. The number of urea groups is 1. The van der Waals surface area contributed by atoms with Crippen LogP contribution in [0.3, 0.4) is 0 Å². The van der Waals surface area contributed by atoms with Crippen molar-refractivity contribution in [2.45, 2.75) is 25.8 Å². The maximum atomic E-state index is 11.6. The maximum absolute atomic E-state index is 11.6. The molecule has 0 bridgehead atoms. The Labute approximate surface area is 117 Å². The highest BCUT2D eigenvalue weighted by Gasteiger charge is 2.09. The van der Waals surface area contributed by atoms with Gasteiger partial charge >= 0.3 is 6.03 Å². The average Bonchev–Trinajstić information content (AvgIpc) is 2.34. The Morgan fingerprint density at radius 2 is 2.16 bits per heavy atom. The molecule has 19 heavy (non-hydrogen) atoms. The van der Waals surface area contributed by atoms with Crippen LogP contribution in [0.1, 0.15) is 31.4 Å². The SMILES string of the molecule is CC(NC(=O)NCCCC(N)=O)c1cccc(Cl)c1. The van der Waals surface area contributed by atoms with E-state index >= 15 is 0 Å². The van der Waals surface area contributed by atoms with E-state index in [1.54, 1.807) is 12.1 Å². The monoisotopic (exact) mass is 283 g/mol. The van der Waals surface area contributed by atoms with Crippen LogP contribution < -0.4 is 16.4 Å². The van der Waals surface area contributed by atoms with Crippen LogP contribution in [-0.2, 0) is 4.79 Å². The Hall–Kier alpha value is -1.75. The van der Waals surface area contributed by atoms with Crippen molar-refractivity contribution in [3.8, 4) is 0 Å². The maximum Gasteiger partial charge on any atom is 0.315 e. The number of carbonyl (C=O) groups excluding carboxylic acids is 2. The number of nitrogens with one attached hydrogen (secondary N) is 2. The van der Waals surface area contributed by atoms with E-state index in [2.05, 4.69) is 10.6 Å². The van der Waals surface area contributed by atoms with Gasteiger partial charge in [0.1, 0.15) is 0 Å². The summed E-state index contributed by atoms with van der Waals surface area (Å²) in [6.45, 7) is 2.28. The first-order chi connectivity index (χ1) is 8.99. The normalized spacial score (nSPS) is 11.7. The van der Waals surface area contributed by atoms with Crippen molar-refractivity contribution in [1.82, 2.24) is 10.6 Å². The lowest BCUT2D eigenvalue weighted by molar-refractivity contribution is -0.118. The van der Waals surface area contributed by atoms with Gasteiger partial charge in [0, 0.05) is 18.0 Å². The summed E-state index contributed by atoms with van der Waals surface area (Å²) < 4.78 is 0. The molecule has 0 saturated carbocycles. The smallest absolute Gasteiger partial charge is 0.315 e. The lowest BCUT2D eigenvalue weighted by Gasteiger charge is -2.15. The highest BCUT2D eigenvalue weighted by atomic mass is 35.5. The number of amides is 3. The third kappa shape index (κ3) is 6.10. The van der Waals surface area contributed by atoms with Gasteiger partial charge < -0.3 is 16.4 Å². The molecule has 5 nitrogen and oxygen atoms in total. The number of halogens is 1. The molecule has 0 saturated heterocycles. The van der Waals surface area contributed by atoms with E-state index in [0.29, 0.717) is 18.0 Å². The number of rotatable bonds is 6. The zero-order valence-corrected chi connectivity index (χ0v) is 11.5. The quantitative estimate of drug-likeness (QED) is 0.697. The van der Waals surface area contributed by atoms with Gasteiger partial charge in [-0.3, -0.25) is 4.79 Å². The second-order valence-electron chi connectivity index (χ2n) is 4.25. The molecular formula is C13H18ClN3O2. The predicted molar refractivity (Wildman–Crippen MR) is 74.8 cm³/mol. The van der Waals surface area contributed by atoms with Gasteiger partial charge in [0.05, 0.1) is 6.04 Å². The van der Waals surface area contributed by atoms with Gasteiger partial charge in [0.25, 0.3) is 0 Å². The van der Waals surface area contributed by atoms with E-state index in [-0.39, 0.29) is 24.4 Å². The van der Waals surface area contributed by atoms with E-state index in [9.17, 15) is 9.59 Å². The zero-order valence-electron chi connectivity index (χ0n) is 10.8. The van der Waals surface area contributed by atoms with Crippen molar-refractivity contribution in [1.29, 1.82) is 0 Å². The molecule has 3 amide bonds. The molecule has 1 unspecified atom stereocenters. The Balaban J connectivity index is 2.34. The minimum absolute atomic E-state index is 0.144. The van der Waals surface area contributed by atoms with Crippen LogP contribution in [0, 0.1) is 0 Å². The zero-order chi connectivity index (χ0) is 14.3. The van der Waals surface area contributed by atoms with Gasteiger partial charge in [-0.1, -0.05) is 23.7 Å². The number of hydrogen-bond acceptors (Lipinski definition) is 2. The van der Waals surface area contributed by atoms with Crippen LogP contribution in [0.25, 0.3) is 0 Å². The molecule has 6 heteroatoms. The second-order valence-corrected chi connectivity index (χ2v) is 4.68. The van der Waals surface area contributed by atoms with Gasteiger partial charge in [-0.05, 0) is 31.0 Å². The molecule has 1 atom stereocenters. The highest BCUT2D eigenvalue weighted by Crippen LogP contribution is 2.16. The van der Waals surface area contributed by atoms with Gasteiger partial charge in [-0.15, -0.1) is 0 Å². The van der Waals surface area contributed by atoms with Gasteiger partial charge in [-0.2, -0.15) is 0 Å². The molecule has 0 aliphatic rings. The summed E-state index contributed by atoms with van der Waals surface area (Å²) in [5.74, 6) is -0.366. The molecule has 0 spiro atoms. The lowest BCUT2D eigenvalue weighted by atomic mass is 10.1. The van der Waals surface area contributed by atoms with E-state index in [4.69, 9.17) is 17.3 Å². The first kappa shape index (κ1) is 15.3. The lowest BCUT2D eigenvalue weighted by Crippen LogP contribution is -2.37. The van der Waals surface area contributed by atoms with E-state index in [0.717, 1.165) is 5.56 Å². The van der Waals surface area contributed by atoms with Crippen molar-refractivity contribution in [2.24, 2.45) is 5.73 Å². The molecule has 0 heterocycles. The van der Waals surface area contributed by atoms with Crippen LogP contribution in [0.4, 0.5) is 4.79 Å². The number of carbonyl (C=O) groups is 2. The molecule has 1 aromatic rings. The highest BCUT2D eigenvalue weighted by molar-refractivity contribution is 6.30. The molecule has 0 radical (unpaired) electrons. The summed E-state index contributed by atoms with van der Waals surface area (Å²) in [7, 11) is 0. The molecule has 0 fully saturated rings. The first-order valence-electron chi connectivity index (χ1n) is 6.07. The summed E-state index contributed by atoms with van der Waals surface area (Å²) in [5, 5.41) is 6.08. The summed E-state index contributed by atoms with van der Waals surface area (Å²) in [6, 6.07) is 6.89. The largest absolute Gasteiger partial charge is 0.370 e. The number of hydrogen-bond donors (Lipinski definition) is 3. The molecule has 0 aliphatic heterocycles. The van der Waals surface area contributed by atoms with Crippen molar-refractivity contribution in [3.63, 3.8) is 0 Å². The van der Waals surface area contributed by atoms with Crippen LogP contribution in [0.15, 0.2) is 24.3 Å². The summed E-state index contributed by atoms with van der Waals surface area (Å²) in [5.41, 5.74) is 5.93. The van der Waals surface area contributed by atoms with Crippen molar-refractivity contribution < 1.29 is 9.59 Å². The number of benzene rings is 1. The van der Waals surface area contributed by atoms with Gasteiger partial charge in [0.15, 0.2) is 0 Å². The second kappa shape index (κ2) is 7.63. The Bertz CT molecular complexity index is 451. The Kier molecular flexibility index (Phi) is 6.15. The van der Waals surface area contributed by atoms with Crippen LogP contribution >= 0.6 is 11.6 Å². The van der Waals surface area contributed by atoms with Crippen molar-refractivity contribution in [2.75, 3.05) is 6.54 Å². The van der Waals surface area contributed by atoms with Crippen LogP contribution in [0.5, 0.6) is 0 Å². The minimum atomic E-state index is -0.366. The molecule has 0 aromatic heterocycles. The van der Waals surface area contributed by atoms with Crippen LogP contribution in [-0.4, -0.2) is 18.5 Å². The van der Waals surface area contributed by atoms with Crippen molar-refractivity contribution >= 4 is 23.5 Å². The molecular weight excluding hydrogens is 266 g/mol. The fourth-order valence-corrected chi connectivity index (χ4v) is 1.77. The third-order valence-corrected chi connectivity index (χ3v) is 2.82. The fourth-order valence-electron chi connectivity index (χ4n) is 1.57. The topological polar surface area (TPSA) is 84.2 Å². The molecule has 4 N–H and O–H groups in total. The van der Waals surface area contributed by atoms with E-state index in [1.807, 2.05) is 19.1 Å². The Morgan fingerprint density at radius 1 is 1.42 bits per heavy atom. The summed E-state index contributed by atoms with van der Waals surface area (Å²) >= 11 is 5.89. The number of primary amides is 1. The predicted octanol–water partition coefficient (Wildman–Crippen LogP) is 1.97. The summed E-state index contributed by atoms with van der Waals surface area (Å²) in [6.07, 6.45) is 0.804. The summed E-state index contributed by atoms with van der Waals surface area (Å²) in [4.78, 5) is 22.1. The van der Waals surface area contributed by atoms with Crippen molar-refractivity contribution in [3.05, 3.63) is 34.9 Å². The molecule has 1 rings (SSSR count). The average molecular weight is 284 g/mol. The standard InChI is InChI=1S/C13H18ClN3O2/c1-9(10-4-2-5-11(14)8-10)17-13(19)16-7-3-6-12(15)18/h2,4-5,8-9H,3,6-7H2,1H3,(H2,15,18)(H2,16,17,19). The Morgan fingerprint density at radius 3 is 2.79 bits per heavy atom. The molecule has 104 valence electrons. The minimum Gasteiger partial charge on any atom is -0.370 e. The third-order valence-electron chi connectivity index (χ3n) is 2.58. The molecule has 0 aliphatic carbocycles.